The maximum Gasteiger partial charge on any atom is 0.425 e. The number of aromatic nitrogens is 5. The zero-order chi connectivity index (χ0) is 28.4. The van der Waals surface area contributed by atoms with E-state index in [-0.39, 0.29) is 35.1 Å². The van der Waals surface area contributed by atoms with Crippen LogP contribution in [0.4, 0.5) is 24.2 Å². The normalized spacial score (nSPS) is 11.8. The molecule has 204 valence electrons. The minimum atomic E-state index is -1.23. The Bertz CT molecular complexity index is 1330. The van der Waals surface area contributed by atoms with Crippen molar-refractivity contribution in [2.75, 3.05) is 12.0 Å². The number of tetrazole rings is 1. The molecule has 0 saturated heterocycles. The first-order valence-electron chi connectivity index (χ1n) is 11.3. The highest BCUT2D eigenvalue weighted by molar-refractivity contribution is 9.10. The third kappa shape index (κ3) is 6.67. The quantitative estimate of drug-likeness (QED) is 0.371. The Kier molecular flexibility index (Phi) is 8.46. The van der Waals surface area contributed by atoms with Crippen LogP contribution in [0.15, 0.2) is 28.9 Å². The highest BCUT2D eigenvalue weighted by atomic mass is 79.9. The molecular formula is C24H27BrF2N6O5. The Morgan fingerprint density at radius 3 is 2.18 bits per heavy atom. The zero-order valence-corrected chi connectivity index (χ0v) is 23.5. The third-order valence-corrected chi connectivity index (χ3v) is 5.01. The number of rotatable bonds is 5. The van der Waals surface area contributed by atoms with Crippen molar-refractivity contribution in [1.82, 2.24) is 25.2 Å². The van der Waals surface area contributed by atoms with Gasteiger partial charge in [0.2, 0.25) is 0 Å². The van der Waals surface area contributed by atoms with Crippen LogP contribution in [0, 0.1) is 11.6 Å². The number of imide groups is 1. The molecule has 3 aromatic rings. The van der Waals surface area contributed by atoms with Crippen LogP contribution in [0.5, 0.6) is 0 Å². The van der Waals surface area contributed by atoms with Gasteiger partial charge in [0.05, 0.1) is 12.2 Å². The maximum atomic E-state index is 15.1. The maximum absolute atomic E-state index is 15.1. The van der Waals surface area contributed by atoms with Crippen molar-refractivity contribution >= 4 is 33.9 Å². The number of anilines is 1. The second-order valence-electron chi connectivity index (χ2n) is 10.0. The van der Waals surface area contributed by atoms with Crippen LogP contribution in [-0.2, 0) is 20.8 Å². The number of carbonyl (C=O) groups excluding carboxylic acids is 2. The Morgan fingerprint density at radius 1 is 1.03 bits per heavy atom. The summed E-state index contributed by atoms with van der Waals surface area (Å²) >= 11 is 3.30. The largest absolute Gasteiger partial charge is 0.443 e. The molecule has 0 saturated carbocycles. The summed E-state index contributed by atoms with van der Waals surface area (Å²) in [6, 6.07) is 4.06. The Balaban J connectivity index is 2.22. The van der Waals surface area contributed by atoms with Crippen molar-refractivity contribution in [2.45, 2.75) is 59.4 Å². The molecule has 0 spiro atoms. The first kappa shape index (κ1) is 29.0. The van der Waals surface area contributed by atoms with Crippen molar-refractivity contribution in [1.29, 1.82) is 0 Å². The van der Waals surface area contributed by atoms with Gasteiger partial charge in [-0.1, -0.05) is 6.07 Å². The monoisotopic (exact) mass is 596 g/mol. The van der Waals surface area contributed by atoms with E-state index in [1.54, 1.807) is 41.5 Å². The van der Waals surface area contributed by atoms with Crippen molar-refractivity contribution in [3.05, 3.63) is 46.1 Å². The van der Waals surface area contributed by atoms with E-state index in [2.05, 4.69) is 36.4 Å². The fourth-order valence-electron chi connectivity index (χ4n) is 3.16. The number of halogens is 3. The van der Waals surface area contributed by atoms with Gasteiger partial charge >= 0.3 is 12.2 Å². The Labute approximate surface area is 226 Å². The van der Waals surface area contributed by atoms with Gasteiger partial charge in [0.1, 0.15) is 16.9 Å². The number of ether oxygens (including phenoxy) is 3. The summed E-state index contributed by atoms with van der Waals surface area (Å²) in [4.78, 5) is 31.3. The van der Waals surface area contributed by atoms with Crippen LogP contribution in [0.2, 0.25) is 0 Å². The zero-order valence-electron chi connectivity index (χ0n) is 21.9. The van der Waals surface area contributed by atoms with E-state index in [9.17, 15) is 14.0 Å². The standard InChI is InChI=1S/C24H27BrF2N6O5/c1-23(2,3)37-21(34)32(22(35)38-24(4,5)6)19-15(10-14(25)11-28-19)20-29-30-31-33(20)16-9-8-13(12-36-7)17(26)18(16)27/h8-11H,12H2,1-7H3. The number of carbonyl (C=O) groups is 2. The Morgan fingerprint density at radius 2 is 1.63 bits per heavy atom. The number of benzene rings is 1. The molecule has 3 rings (SSSR count). The average molecular weight is 597 g/mol. The molecular weight excluding hydrogens is 570 g/mol. The molecule has 11 nitrogen and oxygen atoms in total. The summed E-state index contributed by atoms with van der Waals surface area (Å²) in [7, 11) is 1.35. The molecule has 38 heavy (non-hydrogen) atoms. The lowest BCUT2D eigenvalue weighted by Crippen LogP contribution is -2.44. The molecule has 0 bridgehead atoms. The minimum Gasteiger partial charge on any atom is -0.443 e. The molecule has 0 aliphatic heterocycles. The summed E-state index contributed by atoms with van der Waals surface area (Å²) in [6.45, 7) is 9.60. The predicted molar refractivity (Wildman–Crippen MR) is 136 cm³/mol. The molecule has 0 atom stereocenters. The lowest BCUT2D eigenvalue weighted by Gasteiger charge is -2.28. The summed E-state index contributed by atoms with van der Waals surface area (Å²) in [5.41, 5.74) is -2.26. The van der Waals surface area contributed by atoms with Gasteiger partial charge in [0, 0.05) is 23.3 Å². The van der Waals surface area contributed by atoms with Crippen LogP contribution >= 0.6 is 15.9 Å². The van der Waals surface area contributed by atoms with Gasteiger partial charge in [-0.2, -0.15) is 9.58 Å². The SMILES string of the molecule is COCc1ccc(-n2nnnc2-c2cc(Br)cnc2N(C(=O)OC(C)(C)C)C(=O)OC(C)(C)C)c(F)c1F. The number of nitrogens with zero attached hydrogens (tertiary/aromatic N) is 6. The summed E-state index contributed by atoms with van der Waals surface area (Å²) in [6.07, 6.45) is -0.833. The van der Waals surface area contributed by atoms with E-state index < -0.39 is 35.0 Å². The molecule has 0 fully saturated rings. The van der Waals surface area contributed by atoms with Gasteiger partial charge in [0.15, 0.2) is 23.3 Å². The number of methoxy groups -OCH3 is 1. The number of amides is 2. The van der Waals surface area contributed by atoms with Gasteiger partial charge in [-0.25, -0.2) is 23.4 Å². The van der Waals surface area contributed by atoms with Gasteiger partial charge in [0.25, 0.3) is 0 Å². The van der Waals surface area contributed by atoms with Crippen LogP contribution in [0.25, 0.3) is 17.1 Å². The van der Waals surface area contributed by atoms with Crippen LogP contribution in [0.1, 0.15) is 47.1 Å². The van der Waals surface area contributed by atoms with E-state index in [1.165, 1.54) is 31.5 Å². The Hall–Kier alpha value is -3.52. The smallest absolute Gasteiger partial charge is 0.425 e. The number of pyridine rings is 1. The summed E-state index contributed by atoms with van der Waals surface area (Å²) < 4.78 is 46.9. The van der Waals surface area contributed by atoms with E-state index in [1.807, 2.05) is 0 Å². The van der Waals surface area contributed by atoms with E-state index in [0.717, 1.165) is 4.68 Å². The van der Waals surface area contributed by atoms with Crippen molar-refractivity contribution in [3.8, 4) is 17.1 Å². The van der Waals surface area contributed by atoms with Gasteiger partial charge in [-0.05, 0) is 80.0 Å². The van der Waals surface area contributed by atoms with E-state index in [0.29, 0.717) is 9.37 Å². The minimum absolute atomic E-state index is 0.00536. The molecule has 2 aromatic heterocycles. The van der Waals surface area contributed by atoms with Gasteiger partial charge < -0.3 is 14.2 Å². The molecule has 14 heteroatoms. The topological polar surface area (TPSA) is 122 Å². The lowest BCUT2D eigenvalue weighted by molar-refractivity contribution is 0.0429. The predicted octanol–water partition coefficient (Wildman–Crippen LogP) is 5.59. The molecule has 0 radical (unpaired) electrons. The first-order chi connectivity index (χ1) is 17.6. The molecule has 0 aliphatic rings. The fourth-order valence-corrected chi connectivity index (χ4v) is 3.50. The molecule has 2 amide bonds. The third-order valence-electron chi connectivity index (χ3n) is 4.58. The molecule has 0 aliphatic carbocycles. The van der Waals surface area contributed by atoms with Crippen LogP contribution in [0.3, 0.4) is 0 Å². The summed E-state index contributed by atoms with van der Waals surface area (Å²) in [5, 5.41) is 11.3. The van der Waals surface area contributed by atoms with Crippen molar-refractivity contribution in [2.24, 2.45) is 0 Å². The number of hydrogen-bond acceptors (Lipinski definition) is 9. The molecule has 1 aromatic carbocycles. The van der Waals surface area contributed by atoms with Crippen LogP contribution < -0.4 is 4.90 Å². The van der Waals surface area contributed by atoms with Crippen molar-refractivity contribution in [3.63, 3.8) is 0 Å². The second kappa shape index (κ2) is 11.1. The van der Waals surface area contributed by atoms with E-state index >= 15 is 4.39 Å². The second-order valence-corrected chi connectivity index (χ2v) is 11.0. The van der Waals surface area contributed by atoms with Crippen LogP contribution in [-0.4, -0.2) is 55.7 Å². The fraction of sp³-hybridized carbons (Fsp3) is 0.417. The van der Waals surface area contributed by atoms with Gasteiger partial charge in [-0.15, -0.1) is 5.10 Å². The summed E-state index contributed by atoms with van der Waals surface area (Å²) in [5.74, 6) is -2.77. The highest BCUT2D eigenvalue weighted by Gasteiger charge is 2.36. The number of hydrogen-bond donors (Lipinski definition) is 0. The first-order valence-corrected chi connectivity index (χ1v) is 12.1. The lowest BCUT2D eigenvalue weighted by atomic mass is 10.1. The highest BCUT2D eigenvalue weighted by Crippen LogP contribution is 2.34. The van der Waals surface area contributed by atoms with Gasteiger partial charge in [-0.3, -0.25) is 0 Å². The van der Waals surface area contributed by atoms with Crippen molar-refractivity contribution < 1.29 is 32.6 Å². The van der Waals surface area contributed by atoms with E-state index in [4.69, 9.17) is 14.2 Å². The molecule has 2 heterocycles. The average Bonchev–Trinajstić information content (AvgIpc) is 3.25. The molecule has 0 unspecified atom stereocenters. The molecule has 0 N–H and O–H groups in total.